The summed E-state index contributed by atoms with van der Waals surface area (Å²) in [6.45, 7) is 2.69. The first-order chi connectivity index (χ1) is 9.76. The summed E-state index contributed by atoms with van der Waals surface area (Å²) in [7, 11) is 0. The molecular weight excluding hydrogens is 252 g/mol. The third-order valence-corrected chi connectivity index (χ3v) is 3.12. The summed E-state index contributed by atoms with van der Waals surface area (Å²) in [6, 6.07) is 13.8. The van der Waals surface area contributed by atoms with E-state index in [1.165, 1.54) is 0 Å². The topological polar surface area (TPSA) is 58.3 Å². The second-order valence-corrected chi connectivity index (χ2v) is 4.72. The number of nitrogens with zero attached hydrogens (tertiary/aromatic N) is 1. The van der Waals surface area contributed by atoms with Gasteiger partial charge in [0.25, 0.3) is 0 Å². The van der Waals surface area contributed by atoms with Crippen LogP contribution in [0.2, 0.25) is 0 Å². The monoisotopic (exact) mass is 268 g/mol. The quantitative estimate of drug-likeness (QED) is 0.763. The summed E-state index contributed by atoms with van der Waals surface area (Å²) >= 11 is 0. The number of aromatic nitrogens is 1. The highest BCUT2D eigenvalue weighted by molar-refractivity contribution is 5.77. The maximum Gasteiger partial charge on any atom is 0.227 e. The van der Waals surface area contributed by atoms with Crippen LogP contribution < -0.4 is 5.32 Å². The van der Waals surface area contributed by atoms with Crippen LogP contribution in [-0.2, 0) is 0 Å². The van der Waals surface area contributed by atoms with Gasteiger partial charge in [-0.15, -0.1) is 0 Å². The molecule has 0 bridgehead atoms. The van der Waals surface area contributed by atoms with Crippen LogP contribution in [-0.4, -0.2) is 23.2 Å². The average Bonchev–Trinajstić information content (AvgIpc) is 2.88. The van der Waals surface area contributed by atoms with Crippen LogP contribution in [0.4, 0.5) is 5.69 Å². The number of aliphatic hydroxyl groups excluding tert-OH is 1. The molecule has 0 saturated heterocycles. The number of rotatable bonds is 4. The van der Waals surface area contributed by atoms with Crippen molar-refractivity contribution in [3.8, 4) is 11.5 Å². The molecule has 0 unspecified atom stereocenters. The molecule has 0 aliphatic carbocycles. The van der Waals surface area contributed by atoms with Gasteiger partial charge in [0.15, 0.2) is 5.58 Å². The zero-order valence-electron chi connectivity index (χ0n) is 11.3. The molecule has 0 radical (unpaired) electrons. The van der Waals surface area contributed by atoms with Gasteiger partial charge < -0.3 is 14.8 Å². The minimum Gasteiger partial charge on any atom is -0.436 e. The van der Waals surface area contributed by atoms with Gasteiger partial charge in [0, 0.05) is 17.8 Å². The van der Waals surface area contributed by atoms with Crippen molar-refractivity contribution in [2.24, 2.45) is 0 Å². The van der Waals surface area contributed by atoms with Gasteiger partial charge in [-0.25, -0.2) is 4.98 Å². The van der Waals surface area contributed by atoms with Crippen molar-refractivity contribution < 1.29 is 9.52 Å². The SMILES string of the molecule is Cc1ccc2nc(-c3ccc(NCCO)cc3)oc2c1. The fraction of sp³-hybridized carbons (Fsp3) is 0.188. The Kier molecular flexibility index (Phi) is 3.39. The van der Waals surface area contributed by atoms with Crippen LogP contribution in [0, 0.1) is 6.92 Å². The van der Waals surface area contributed by atoms with E-state index in [1.807, 2.05) is 49.4 Å². The van der Waals surface area contributed by atoms with Gasteiger partial charge in [-0.3, -0.25) is 0 Å². The second-order valence-electron chi connectivity index (χ2n) is 4.72. The molecule has 3 aromatic rings. The molecule has 0 fully saturated rings. The maximum atomic E-state index is 8.78. The van der Waals surface area contributed by atoms with Gasteiger partial charge in [0.1, 0.15) is 5.52 Å². The molecule has 2 aromatic carbocycles. The van der Waals surface area contributed by atoms with Crippen LogP contribution in [0.1, 0.15) is 5.56 Å². The van der Waals surface area contributed by atoms with Crippen molar-refractivity contribution >= 4 is 16.8 Å². The number of hydrogen-bond donors (Lipinski definition) is 2. The molecule has 1 aromatic heterocycles. The number of benzene rings is 2. The Morgan fingerprint density at radius 2 is 1.95 bits per heavy atom. The van der Waals surface area contributed by atoms with Gasteiger partial charge >= 0.3 is 0 Å². The van der Waals surface area contributed by atoms with E-state index < -0.39 is 0 Å². The maximum absolute atomic E-state index is 8.78. The van der Waals surface area contributed by atoms with Gasteiger partial charge in [-0.2, -0.15) is 0 Å². The molecule has 0 aliphatic rings. The summed E-state index contributed by atoms with van der Waals surface area (Å²) in [5.74, 6) is 0.624. The number of fused-ring (bicyclic) bond motifs is 1. The number of oxazole rings is 1. The van der Waals surface area contributed by atoms with Gasteiger partial charge in [-0.1, -0.05) is 6.07 Å². The third-order valence-electron chi connectivity index (χ3n) is 3.12. The Bertz CT molecular complexity index is 717. The molecule has 102 valence electrons. The largest absolute Gasteiger partial charge is 0.436 e. The fourth-order valence-corrected chi connectivity index (χ4v) is 2.09. The van der Waals surface area contributed by atoms with Crippen molar-refractivity contribution in [1.82, 2.24) is 4.98 Å². The van der Waals surface area contributed by atoms with Crippen LogP contribution >= 0.6 is 0 Å². The van der Waals surface area contributed by atoms with Crippen LogP contribution in [0.25, 0.3) is 22.6 Å². The first-order valence-electron chi connectivity index (χ1n) is 6.58. The molecule has 4 nitrogen and oxygen atoms in total. The lowest BCUT2D eigenvalue weighted by Gasteiger charge is -2.04. The molecule has 0 spiro atoms. The summed E-state index contributed by atoms with van der Waals surface area (Å²) in [5, 5.41) is 11.9. The predicted octanol–water partition coefficient (Wildman–Crippen LogP) is 3.21. The standard InChI is InChI=1S/C16H16N2O2/c1-11-2-7-14-15(10-11)20-16(18-14)12-3-5-13(6-4-12)17-8-9-19/h2-7,10,17,19H,8-9H2,1H3. The number of hydrogen-bond acceptors (Lipinski definition) is 4. The lowest BCUT2D eigenvalue weighted by atomic mass is 10.2. The summed E-state index contributed by atoms with van der Waals surface area (Å²) in [4.78, 5) is 4.49. The second kappa shape index (κ2) is 5.35. The first kappa shape index (κ1) is 12.7. The van der Waals surface area contributed by atoms with Crippen LogP contribution in [0.5, 0.6) is 0 Å². The zero-order valence-corrected chi connectivity index (χ0v) is 11.3. The number of aliphatic hydroxyl groups is 1. The molecule has 0 saturated carbocycles. The van der Waals surface area contributed by atoms with Crippen LogP contribution in [0.15, 0.2) is 46.9 Å². The number of aryl methyl sites for hydroxylation is 1. The molecule has 3 rings (SSSR count). The number of nitrogens with one attached hydrogen (secondary N) is 1. The minimum absolute atomic E-state index is 0.117. The Morgan fingerprint density at radius 1 is 1.15 bits per heavy atom. The smallest absolute Gasteiger partial charge is 0.227 e. The Hall–Kier alpha value is -2.33. The molecule has 20 heavy (non-hydrogen) atoms. The highest BCUT2D eigenvalue weighted by Gasteiger charge is 2.08. The Balaban J connectivity index is 1.90. The molecular formula is C16H16N2O2. The summed E-state index contributed by atoms with van der Waals surface area (Å²) in [6.07, 6.45) is 0. The first-order valence-corrected chi connectivity index (χ1v) is 6.58. The summed E-state index contributed by atoms with van der Waals surface area (Å²) < 4.78 is 5.78. The minimum atomic E-state index is 0.117. The van der Waals surface area contributed by atoms with Gasteiger partial charge in [0.05, 0.1) is 6.61 Å². The lowest BCUT2D eigenvalue weighted by molar-refractivity contribution is 0.311. The Labute approximate surface area is 117 Å². The number of anilines is 1. The van der Waals surface area contributed by atoms with Gasteiger partial charge in [-0.05, 0) is 48.9 Å². The van der Waals surface area contributed by atoms with Gasteiger partial charge in [0.2, 0.25) is 5.89 Å². The molecule has 4 heteroatoms. The van der Waals surface area contributed by atoms with Crippen molar-refractivity contribution in [2.45, 2.75) is 6.92 Å². The molecule has 2 N–H and O–H groups in total. The Morgan fingerprint density at radius 3 is 2.70 bits per heavy atom. The van der Waals surface area contributed by atoms with E-state index in [4.69, 9.17) is 9.52 Å². The van der Waals surface area contributed by atoms with Crippen LogP contribution in [0.3, 0.4) is 0 Å². The van der Waals surface area contributed by atoms with Crippen molar-refractivity contribution in [3.63, 3.8) is 0 Å². The molecule has 1 heterocycles. The van der Waals surface area contributed by atoms with Crippen molar-refractivity contribution in [1.29, 1.82) is 0 Å². The van der Waals surface area contributed by atoms with E-state index in [1.54, 1.807) is 0 Å². The van der Waals surface area contributed by atoms with E-state index in [-0.39, 0.29) is 6.61 Å². The normalized spacial score (nSPS) is 10.9. The highest BCUT2D eigenvalue weighted by atomic mass is 16.3. The van der Waals surface area contributed by atoms with E-state index >= 15 is 0 Å². The van der Waals surface area contributed by atoms with E-state index in [0.29, 0.717) is 12.4 Å². The zero-order chi connectivity index (χ0) is 13.9. The van der Waals surface area contributed by atoms with E-state index in [9.17, 15) is 0 Å². The lowest BCUT2D eigenvalue weighted by Crippen LogP contribution is -2.04. The average molecular weight is 268 g/mol. The third kappa shape index (κ3) is 2.51. The highest BCUT2D eigenvalue weighted by Crippen LogP contribution is 2.25. The van der Waals surface area contributed by atoms with E-state index in [0.717, 1.165) is 27.9 Å². The van der Waals surface area contributed by atoms with Crippen molar-refractivity contribution in [3.05, 3.63) is 48.0 Å². The van der Waals surface area contributed by atoms with E-state index in [2.05, 4.69) is 10.3 Å². The van der Waals surface area contributed by atoms with Crippen molar-refractivity contribution in [2.75, 3.05) is 18.5 Å². The predicted molar refractivity (Wildman–Crippen MR) is 79.8 cm³/mol. The molecule has 0 amide bonds. The summed E-state index contributed by atoms with van der Waals surface area (Å²) in [5.41, 5.74) is 4.74. The molecule has 0 atom stereocenters. The molecule has 0 aliphatic heterocycles. The fourth-order valence-electron chi connectivity index (χ4n) is 2.09.